The van der Waals surface area contributed by atoms with Gasteiger partial charge in [-0.05, 0) is 49.5 Å². The summed E-state index contributed by atoms with van der Waals surface area (Å²) in [4.78, 5) is 6.46. The number of aliphatic hydroxyl groups excluding tert-OH is 1. The van der Waals surface area contributed by atoms with Gasteiger partial charge in [-0.25, -0.2) is 0 Å². The molecule has 1 aliphatic rings. The van der Waals surface area contributed by atoms with E-state index in [1.165, 1.54) is 5.56 Å². The summed E-state index contributed by atoms with van der Waals surface area (Å²) < 4.78 is 0. The normalized spacial score (nSPS) is 20.4. The topological polar surface area (TPSA) is 62.4 Å². The van der Waals surface area contributed by atoms with Crippen LogP contribution in [0.2, 0.25) is 0 Å². The number of nitrogens with two attached hydrogens (primary N) is 1. The van der Waals surface area contributed by atoms with Crippen molar-refractivity contribution in [1.29, 1.82) is 0 Å². The third kappa shape index (κ3) is 3.03. The molecule has 1 aromatic rings. The number of hydrogen-bond donors (Lipinski definition) is 2. The number of likely N-dealkylation sites (tertiary alicyclic amines) is 1. The minimum Gasteiger partial charge on any atom is -0.396 e. The van der Waals surface area contributed by atoms with Crippen LogP contribution < -0.4 is 5.73 Å². The van der Waals surface area contributed by atoms with Crippen LogP contribution in [0.15, 0.2) is 24.5 Å². The Labute approximate surface area is 102 Å². The van der Waals surface area contributed by atoms with Gasteiger partial charge in [-0.1, -0.05) is 0 Å². The van der Waals surface area contributed by atoms with Crippen LogP contribution in [0.25, 0.3) is 0 Å². The van der Waals surface area contributed by atoms with Crippen LogP contribution in [0.5, 0.6) is 0 Å². The van der Waals surface area contributed by atoms with Crippen LogP contribution >= 0.6 is 0 Å². The Kier molecular flexibility index (Phi) is 4.48. The van der Waals surface area contributed by atoms with Crippen LogP contribution in [0.1, 0.15) is 24.4 Å². The van der Waals surface area contributed by atoms with Gasteiger partial charge in [0.05, 0.1) is 0 Å². The van der Waals surface area contributed by atoms with Crippen molar-refractivity contribution in [3.05, 3.63) is 30.1 Å². The highest BCUT2D eigenvalue weighted by Gasteiger charge is 2.24. The smallest absolute Gasteiger partial charge is 0.0471 e. The van der Waals surface area contributed by atoms with Crippen molar-refractivity contribution in [2.45, 2.75) is 18.9 Å². The second-order valence-corrected chi connectivity index (χ2v) is 4.69. The van der Waals surface area contributed by atoms with Crippen molar-refractivity contribution >= 4 is 0 Å². The lowest BCUT2D eigenvalue weighted by molar-refractivity contribution is 0.102. The number of pyridine rings is 1. The van der Waals surface area contributed by atoms with Gasteiger partial charge >= 0.3 is 0 Å². The van der Waals surface area contributed by atoms with E-state index in [0.29, 0.717) is 19.1 Å². The molecular formula is C13H21N3O. The van der Waals surface area contributed by atoms with E-state index in [-0.39, 0.29) is 6.04 Å². The van der Waals surface area contributed by atoms with Crippen LogP contribution in [-0.4, -0.2) is 41.2 Å². The fourth-order valence-electron chi connectivity index (χ4n) is 2.53. The third-order valence-electron chi connectivity index (χ3n) is 3.66. The lowest BCUT2D eigenvalue weighted by atomic mass is 9.95. The van der Waals surface area contributed by atoms with E-state index in [0.717, 1.165) is 25.9 Å². The molecule has 0 bridgehead atoms. The van der Waals surface area contributed by atoms with Crippen LogP contribution in [0, 0.1) is 5.92 Å². The minimum atomic E-state index is 0.289. The number of hydrogen-bond acceptors (Lipinski definition) is 4. The predicted molar refractivity (Wildman–Crippen MR) is 67.4 cm³/mol. The molecule has 0 radical (unpaired) electrons. The largest absolute Gasteiger partial charge is 0.396 e. The number of aromatic nitrogens is 1. The molecule has 1 fully saturated rings. The molecule has 94 valence electrons. The van der Waals surface area contributed by atoms with Gasteiger partial charge in [0.25, 0.3) is 0 Å². The van der Waals surface area contributed by atoms with E-state index in [4.69, 9.17) is 10.8 Å². The summed E-state index contributed by atoms with van der Waals surface area (Å²) in [6.07, 6.45) is 5.77. The van der Waals surface area contributed by atoms with Gasteiger partial charge < -0.3 is 10.8 Å². The standard InChI is InChI=1S/C13H21N3O/c14-9-13(12-1-5-15-6-2-12)16-7-3-11(10-17)4-8-16/h1-2,5-6,11,13,17H,3-4,7-10,14H2. The Hall–Kier alpha value is -0.970. The molecule has 17 heavy (non-hydrogen) atoms. The van der Waals surface area contributed by atoms with E-state index in [9.17, 15) is 0 Å². The van der Waals surface area contributed by atoms with Crippen molar-refractivity contribution in [3.63, 3.8) is 0 Å². The van der Waals surface area contributed by atoms with Crippen molar-refractivity contribution < 1.29 is 5.11 Å². The molecule has 1 aliphatic heterocycles. The van der Waals surface area contributed by atoms with Gasteiger partial charge in [-0.2, -0.15) is 0 Å². The Morgan fingerprint density at radius 2 is 2.00 bits per heavy atom. The fourth-order valence-corrected chi connectivity index (χ4v) is 2.53. The summed E-state index contributed by atoms with van der Waals surface area (Å²) >= 11 is 0. The zero-order valence-electron chi connectivity index (χ0n) is 10.1. The number of nitrogens with zero attached hydrogens (tertiary/aromatic N) is 2. The first kappa shape index (κ1) is 12.5. The maximum absolute atomic E-state index is 9.14. The summed E-state index contributed by atoms with van der Waals surface area (Å²) in [6, 6.07) is 4.36. The highest BCUT2D eigenvalue weighted by Crippen LogP contribution is 2.25. The van der Waals surface area contributed by atoms with Crippen molar-refractivity contribution in [2.24, 2.45) is 11.7 Å². The molecule has 1 aromatic heterocycles. The van der Waals surface area contributed by atoms with Crippen LogP contribution in [-0.2, 0) is 0 Å². The average molecular weight is 235 g/mol. The zero-order valence-corrected chi connectivity index (χ0v) is 10.1. The summed E-state index contributed by atoms with van der Waals surface area (Å²) in [5, 5.41) is 9.14. The Morgan fingerprint density at radius 1 is 1.35 bits per heavy atom. The number of piperidine rings is 1. The molecule has 2 rings (SSSR count). The Balaban J connectivity index is 2.00. The van der Waals surface area contributed by atoms with Gasteiger partial charge in [-0.15, -0.1) is 0 Å². The quantitative estimate of drug-likeness (QED) is 0.810. The molecule has 0 aliphatic carbocycles. The lowest BCUT2D eigenvalue weighted by Gasteiger charge is -2.36. The Bertz CT molecular complexity index is 323. The summed E-state index contributed by atoms with van der Waals surface area (Å²) in [6.45, 7) is 3.00. The molecule has 3 N–H and O–H groups in total. The highest BCUT2D eigenvalue weighted by atomic mass is 16.3. The van der Waals surface area contributed by atoms with E-state index in [1.807, 2.05) is 24.5 Å². The molecule has 4 nitrogen and oxygen atoms in total. The van der Waals surface area contributed by atoms with E-state index in [1.54, 1.807) is 0 Å². The third-order valence-corrected chi connectivity index (χ3v) is 3.66. The molecule has 1 saturated heterocycles. The minimum absolute atomic E-state index is 0.289. The van der Waals surface area contributed by atoms with Crippen molar-refractivity contribution in [3.8, 4) is 0 Å². The summed E-state index contributed by atoms with van der Waals surface area (Å²) in [7, 11) is 0. The maximum atomic E-state index is 9.14. The molecular weight excluding hydrogens is 214 g/mol. The van der Waals surface area contributed by atoms with Gasteiger partial charge in [0.2, 0.25) is 0 Å². The van der Waals surface area contributed by atoms with E-state index < -0.39 is 0 Å². The zero-order chi connectivity index (χ0) is 12.1. The molecule has 2 heterocycles. The first-order valence-corrected chi connectivity index (χ1v) is 6.30. The van der Waals surface area contributed by atoms with Crippen molar-refractivity contribution in [1.82, 2.24) is 9.88 Å². The summed E-state index contributed by atoms with van der Waals surface area (Å²) in [5.74, 6) is 0.474. The molecule has 0 spiro atoms. The van der Waals surface area contributed by atoms with Crippen LogP contribution in [0.4, 0.5) is 0 Å². The van der Waals surface area contributed by atoms with Crippen LogP contribution in [0.3, 0.4) is 0 Å². The Morgan fingerprint density at radius 3 is 2.53 bits per heavy atom. The number of aliphatic hydroxyl groups is 1. The van der Waals surface area contributed by atoms with Gasteiger partial charge in [0.1, 0.15) is 0 Å². The first-order chi connectivity index (χ1) is 8.35. The average Bonchev–Trinajstić information content (AvgIpc) is 2.42. The van der Waals surface area contributed by atoms with Gasteiger partial charge in [0.15, 0.2) is 0 Å². The highest BCUT2D eigenvalue weighted by molar-refractivity contribution is 5.15. The molecule has 1 atom stereocenters. The maximum Gasteiger partial charge on any atom is 0.0471 e. The lowest BCUT2D eigenvalue weighted by Crippen LogP contribution is -2.40. The first-order valence-electron chi connectivity index (χ1n) is 6.30. The second kappa shape index (κ2) is 6.10. The second-order valence-electron chi connectivity index (χ2n) is 4.69. The SMILES string of the molecule is NCC(c1ccncc1)N1CCC(CO)CC1. The number of rotatable bonds is 4. The molecule has 1 unspecified atom stereocenters. The molecule has 0 aromatic carbocycles. The van der Waals surface area contributed by atoms with Crippen molar-refractivity contribution in [2.75, 3.05) is 26.2 Å². The molecule has 0 saturated carbocycles. The monoisotopic (exact) mass is 235 g/mol. The fraction of sp³-hybridized carbons (Fsp3) is 0.615. The molecule has 4 heteroatoms. The van der Waals surface area contributed by atoms with E-state index in [2.05, 4.69) is 9.88 Å². The van der Waals surface area contributed by atoms with Gasteiger partial charge in [0, 0.05) is 31.6 Å². The van der Waals surface area contributed by atoms with E-state index >= 15 is 0 Å². The predicted octanol–water partition coefficient (Wildman–Crippen LogP) is 0.786. The summed E-state index contributed by atoms with van der Waals surface area (Å²) in [5.41, 5.74) is 7.13. The molecule has 0 amide bonds. The van der Waals surface area contributed by atoms with Gasteiger partial charge in [-0.3, -0.25) is 9.88 Å².